The third-order valence-corrected chi connectivity index (χ3v) is 3.90. The monoisotopic (exact) mass is 254 g/mol. The van der Waals surface area contributed by atoms with Crippen LogP contribution < -0.4 is 0 Å². The third-order valence-electron chi connectivity index (χ3n) is 3.90. The number of piperazine rings is 1. The predicted octanol–water partition coefficient (Wildman–Crippen LogP) is 1.21. The van der Waals surface area contributed by atoms with E-state index in [1.807, 2.05) is 13.8 Å². The zero-order valence-corrected chi connectivity index (χ0v) is 11.7. The number of carbonyl (C=O) groups is 1. The van der Waals surface area contributed by atoms with Gasteiger partial charge in [-0.05, 0) is 25.7 Å². The van der Waals surface area contributed by atoms with Crippen LogP contribution in [0.2, 0.25) is 0 Å². The second-order valence-corrected chi connectivity index (χ2v) is 5.70. The molecule has 4 nitrogen and oxygen atoms in total. The minimum atomic E-state index is -0.0575. The van der Waals surface area contributed by atoms with Crippen molar-refractivity contribution in [1.29, 1.82) is 0 Å². The first-order valence-corrected chi connectivity index (χ1v) is 7.30. The van der Waals surface area contributed by atoms with Crippen molar-refractivity contribution in [2.24, 2.45) is 11.8 Å². The van der Waals surface area contributed by atoms with E-state index >= 15 is 0 Å². The first-order chi connectivity index (χ1) is 8.69. The van der Waals surface area contributed by atoms with Crippen LogP contribution in [0.3, 0.4) is 0 Å². The first-order valence-electron chi connectivity index (χ1n) is 7.30. The molecule has 0 N–H and O–H groups in total. The largest absolute Gasteiger partial charge is 0.466 e. The van der Waals surface area contributed by atoms with Crippen LogP contribution in [0.5, 0.6) is 0 Å². The summed E-state index contributed by atoms with van der Waals surface area (Å²) in [5.41, 5.74) is 0. The second-order valence-electron chi connectivity index (χ2n) is 5.70. The lowest BCUT2D eigenvalue weighted by molar-refractivity contribution is -0.148. The minimum absolute atomic E-state index is 0.0000629. The molecule has 0 spiro atoms. The van der Waals surface area contributed by atoms with Crippen LogP contribution in [0.25, 0.3) is 0 Å². The number of ether oxygens (including phenoxy) is 1. The van der Waals surface area contributed by atoms with Gasteiger partial charge in [-0.3, -0.25) is 9.69 Å². The summed E-state index contributed by atoms with van der Waals surface area (Å²) in [6.45, 7) is 11.0. The van der Waals surface area contributed by atoms with E-state index in [1.165, 1.54) is 19.4 Å². The van der Waals surface area contributed by atoms with Crippen molar-refractivity contribution < 1.29 is 9.53 Å². The zero-order chi connectivity index (χ0) is 13.0. The van der Waals surface area contributed by atoms with E-state index in [9.17, 15) is 4.79 Å². The molecular formula is C14H26N2O2. The molecule has 0 aromatic rings. The fraction of sp³-hybridized carbons (Fsp3) is 0.929. The van der Waals surface area contributed by atoms with Crippen molar-refractivity contribution in [3.05, 3.63) is 0 Å². The number of hydrogen-bond acceptors (Lipinski definition) is 4. The van der Waals surface area contributed by atoms with Gasteiger partial charge >= 0.3 is 5.97 Å². The van der Waals surface area contributed by atoms with Gasteiger partial charge in [0, 0.05) is 39.3 Å². The minimum Gasteiger partial charge on any atom is -0.466 e. The Hall–Kier alpha value is -0.610. The molecule has 2 fully saturated rings. The van der Waals surface area contributed by atoms with Crippen molar-refractivity contribution in [2.45, 2.75) is 26.7 Å². The molecule has 1 saturated carbocycles. The molecule has 1 aliphatic carbocycles. The van der Waals surface area contributed by atoms with Gasteiger partial charge in [0.1, 0.15) is 0 Å². The van der Waals surface area contributed by atoms with Gasteiger partial charge in [0.2, 0.25) is 0 Å². The molecule has 104 valence electrons. The number of carbonyl (C=O) groups excluding carboxylic acids is 1. The van der Waals surface area contributed by atoms with Crippen LogP contribution in [0, 0.1) is 11.8 Å². The Bertz CT molecular complexity index is 271. The van der Waals surface area contributed by atoms with Gasteiger partial charge in [-0.25, -0.2) is 0 Å². The molecule has 1 aliphatic heterocycles. The lowest BCUT2D eigenvalue weighted by atomic mass is 10.1. The van der Waals surface area contributed by atoms with Crippen molar-refractivity contribution in [1.82, 2.24) is 9.80 Å². The van der Waals surface area contributed by atoms with Gasteiger partial charge in [-0.2, -0.15) is 0 Å². The average molecular weight is 254 g/mol. The van der Waals surface area contributed by atoms with Crippen molar-refractivity contribution in [3.8, 4) is 0 Å². The molecule has 1 heterocycles. The molecule has 1 atom stereocenters. The Morgan fingerprint density at radius 3 is 2.39 bits per heavy atom. The highest BCUT2D eigenvalue weighted by atomic mass is 16.5. The standard InChI is InChI=1S/C14H26N2O2/c1-3-18-14(17)12(2)10-15-6-8-16(9-7-15)11-13-4-5-13/h12-13H,3-11H2,1-2H3. The van der Waals surface area contributed by atoms with E-state index in [-0.39, 0.29) is 11.9 Å². The normalized spacial score (nSPS) is 23.9. The summed E-state index contributed by atoms with van der Waals surface area (Å²) >= 11 is 0. The zero-order valence-electron chi connectivity index (χ0n) is 11.7. The van der Waals surface area contributed by atoms with Crippen LogP contribution in [0.4, 0.5) is 0 Å². The molecule has 1 saturated heterocycles. The van der Waals surface area contributed by atoms with E-state index in [4.69, 9.17) is 4.74 Å². The molecular weight excluding hydrogens is 228 g/mol. The van der Waals surface area contributed by atoms with Crippen LogP contribution in [-0.4, -0.2) is 61.6 Å². The van der Waals surface area contributed by atoms with Gasteiger partial charge in [-0.1, -0.05) is 6.92 Å². The quantitative estimate of drug-likeness (QED) is 0.667. The molecule has 0 amide bonds. The number of nitrogens with zero attached hydrogens (tertiary/aromatic N) is 2. The molecule has 0 aromatic carbocycles. The summed E-state index contributed by atoms with van der Waals surface area (Å²) in [5, 5.41) is 0. The summed E-state index contributed by atoms with van der Waals surface area (Å²) in [4.78, 5) is 16.5. The summed E-state index contributed by atoms with van der Waals surface area (Å²) in [6, 6.07) is 0. The Balaban J connectivity index is 1.64. The lowest BCUT2D eigenvalue weighted by Gasteiger charge is -2.35. The third kappa shape index (κ3) is 4.25. The SMILES string of the molecule is CCOC(=O)C(C)CN1CCN(CC2CC2)CC1. The molecule has 1 unspecified atom stereocenters. The van der Waals surface area contributed by atoms with Crippen LogP contribution in [0.15, 0.2) is 0 Å². The predicted molar refractivity (Wildman–Crippen MR) is 71.4 cm³/mol. The van der Waals surface area contributed by atoms with Gasteiger partial charge in [0.05, 0.1) is 12.5 Å². The van der Waals surface area contributed by atoms with E-state index in [2.05, 4.69) is 9.80 Å². The van der Waals surface area contributed by atoms with Crippen molar-refractivity contribution >= 4 is 5.97 Å². The molecule has 18 heavy (non-hydrogen) atoms. The number of hydrogen-bond donors (Lipinski definition) is 0. The second kappa shape index (κ2) is 6.53. The summed E-state index contributed by atoms with van der Waals surface area (Å²) in [6.07, 6.45) is 2.86. The Kier molecular flexibility index (Phi) is 5.01. The smallest absolute Gasteiger partial charge is 0.309 e. The highest BCUT2D eigenvalue weighted by Crippen LogP contribution is 2.29. The highest BCUT2D eigenvalue weighted by Gasteiger charge is 2.27. The van der Waals surface area contributed by atoms with Gasteiger partial charge in [0.25, 0.3) is 0 Å². The summed E-state index contributed by atoms with van der Waals surface area (Å²) in [7, 11) is 0. The number of rotatable bonds is 6. The molecule has 2 aliphatic rings. The number of esters is 1. The maximum Gasteiger partial charge on any atom is 0.309 e. The highest BCUT2D eigenvalue weighted by molar-refractivity contribution is 5.72. The molecule has 0 aromatic heterocycles. The fourth-order valence-electron chi connectivity index (χ4n) is 2.57. The van der Waals surface area contributed by atoms with Gasteiger partial charge in [-0.15, -0.1) is 0 Å². The maximum absolute atomic E-state index is 11.6. The van der Waals surface area contributed by atoms with Crippen LogP contribution >= 0.6 is 0 Å². The Labute approximate surface area is 110 Å². The molecule has 0 bridgehead atoms. The lowest BCUT2D eigenvalue weighted by Crippen LogP contribution is -2.48. The summed E-state index contributed by atoms with van der Waals surface area (Å²) < 4.78 is 5.05. The first kappa shape index (κ1) is 13.8. The topological polar surface area (TPSA) is 32.8 Å². The van der Waals surface area contributed by atoms with E-state index in [0.29, 0.717) is 6.61 Å². The van der Waals surface area contributed by atoms with Crippen LogP contribution in [-0.2, 0) is 9.53 Å². The Morgan fingerprint density at radius 1 is 1.22 bits per heavy atom. The van der Waals surface area contributed by atoms with Crippen molar-refractivity contribution in [3.63, 3.8) is 0 Å². The maximum atomic E-state index is 11.6. The van der Waals surface area contributed by atoms with E-state index in [0.717, 1.165) is 38.6 Å². The summed E-state index contributed by atoms with van der Waals surface area (Å²) in [5.74, 6) is 0.924. The fourth-order valence-corrected chi connectivity index (χ4v) is 2.57. The molecule has 0 radical (unpaired) electrons. The molecule has 4 heteroatoms. The molecule has 2 rings (SSSR count). The van der Waals surface area contributed by atoms with Crippen LogP contribution in [0.1, 0.15) is 26.7 Å². The van der Waals surface area contributed by atoms with Crippen molar-refractivity contribution in [2.75, 3.05) is 45.9 Å². The Morgan fingerprint density at radius 2 is 1.83 bits per heavy atom. The van der Waals surface area contributed by atoms with E-state index < -0.39 is 0 Å². The average Bonchev–Trinajstić information content (AvgIpc) is 3.16. The van der Waals surface area contributed by atoms with Gasteiger partial charge < -0.3 is 9.64 Å². The van der Waals surface area contributed by atoms with E-state index in [1.54, 1.807) is 0 Å². The van der Waals surface area contributed by atoms with Gasteiger partial charge in [0.15, 0.2) is 0 Å².